The minimum absolute atomic E-state index is 0.0818. The van der Waals surface area contributed by atoms with Crippen molar-refractivity contribution in [3.05, 3.63) is 0 Å². The van der Waals surface area contributed by atoms with Crippen LogP contribution in [0.1, 0.15) is 51.9 Å². The van der Waals surface area contributed by atoms with Crippen LogP contribution in [0.3, 0.4) is 0 Å². The number of hydrogen-bond acceptors (Lipinski definition) is 4. The van der Waals surface area contributed by atoms with Crippen molar-refractivity contribution in [3.8, 4) is 0 Å². The van der Waals surface area contributed by atoms with Gasteiger partial charge in [0.15, 0.2) is 0 Å². The summed E-state index contributed by atoms with van der Waals surface area (Å²) in [6.45, 7) is 2.10. The summed E-state index contributed by atoms with van der Waals surface area (Å²) in [5, 5.41) is 0. The van der Waals surface area contributed by atoms with Gasteiger partial charge in [0.2, 0.25) is 5.91 Å². The van der Waals surface area contributed by atoms with Crippen LogP contribution in [0.4, 0.5) is 0 Å². The molecule has 0 aromatic carbocycles. The highest BCUT2D eigenvalue weighted by atomic mass is 31.2. The molecule has 0 spiro atoms. The van der Waals surface area contributed by atoms with Crippen LogP contribution < -0.4 is 5.73 Å². The fourth-order valence-corrected chi connectivity index (χ4v) is 3.83. The van der Waals surface area contributed by atoms with Gasteiger partial charge >= 0.3 is 15.9 Å². The predicted molar refractivity (Wildman–Crippen MR) is 71.7 cm³/mol. The summed E-state index contributed by atoms with van der Waals surface area (Å²) in [5.41, 5.74) is 3.61. The summed E-state index contributed by atoms with van der Waals surface area (Å²) in [5.74, 6) is -0.990. The molecule has 0 rings (SSSR count). The number of amides is 1. The second-order valence-corrected chi connectivity index (χ2v) is 7.24. The number of carbonyl (C=O) groups is 1. The number of rotatable bonds is 11. The van der Waals surface area contributed by atoms with Gasteiger partial charge in [-0.25, -0.2) is 0 Å². The van der Waals surface area contributed by atoms with Crippen molar-refractivity contribution in [1.82, 2.24) is 0 Å². The predicted octanol–water partition coefficient (Wildman–Crippen LogP) is 2.44. The van der Waals surface area contributed by atoms with Crippen LogP contribution in [0.25, 0.3) is 0 Å². The molecule has 9 heteroatoms. The van der Waals surface area contributed by atoms with Crippen molar-refractivity contribution in [2.45, 2.75) is 57.5 Å². The second kappa shape index (κ2) is 9.56. The van der Waals surface area contributed by atoms with Crippen molar-refractivity contribution < 1.29 is 28.0 Å². The van der Waals surface area contributed by atoms with E-state index in [9.17, 15) is 18.8 Å². The van der Waals surface area contributed by atoms with Gasteiger partial charge in [0, 0.05) is 4.57 Å². The Balaban J connectivity index is 4.23. The smallest absolute Gasteiger partial charge is 0.369 e. The van der Waals surface area contributed by atoms with Gasteiger partial charge in [-0.15, -0.1) is 4.89 Å². The number of carbonyl (C=O) groups excluding carboxylic acids is 1. The molecular formula is C10H22NO6P2+. The first-order valence-electron chi connectivity index (χ1n) is 6.29. The third kappa shape index (κ3) is 8.45. The average molecular weight is 314 g/mol. The maximum atomic E-state index is 11.6. The lowest BCUT2D eigenvalue weighted by molar-refractivity contribution is -0.118. The van der Waals surface area contributed by atoms with Gasteiger partial charge in [0.25, 0.3) is 0 Å². The van der Waals surface area contributed by atoms with E-state index < -0.39 is 27.4 Å². The van der Waals surface area contributed by atoms with Crippen LogP contribution in [0.5, 0.6) is 0 Å². The Labute approximate surface area is 114 Å². The highest BCUT2D eigenvalue weighted by molar-refractivity contribution is 7.61. The summed E-state index contributed by atoms with van der Waals surface area (Å²) >= 11 is 0. The van der Waals surface area contributed by atoms with E-state index in [1.54, 1.807) is 0 Å². The molecule has 19 heavy (non-hydrogen) atoms. The van der Waals surface area contributed by atoms with E-state index >= 15 is 0 Å². The molecule has 0 aromatic heterocycles. The maximum absolute atomic E-state index is 11.6. The van der Waals surface area contributed by atoms with Crippen LogP contribution in [0, 0.1) is 0 Å². The number of unbranched alkanes of at least 4 members (excludes halogenated alkanes) is 5. The van der Waals surface area contributed by atoms with Crippen LogP contribution in [-0.4, -0.2) is 21.4 Å². The number of primary amides is 1. The van der Waals surface area contributed by atoms with Gasteiger partial charge in [-0.3, -0.25) is 9.36 Å². The van der Waals surface area contributed by atoms with E-state index in [0.29, 0.717) is 6.42 Å². The van der Waals surface area contributed by atoms with Crippen molar-refractivity contribution in [2.75, 3.05) is 0 Å². The first-order valence-corrected chi connectivity index (χ1v) is 9.06. The highest BCUT2D eigenvalue weighted by Gasteiger charge is 2.44. The standard InChI is InChI=1S/C10H21NO6P2/c1-2-3-4-5-6-7-8-9(10(11)12)19(15,16)17-18(13)14/h9H,2-8H2,1H3,(H3-,11,12,13,14,15,16)/p+1. The molecule has 0 radical (unpaired) electrons. The van der Waals surface area contributed by atoms with Crippen molar-refractivity contribution in [3.63, 3.8) is 0 Å². The summed E-state index contributed by atoms with van der Waals surface area (Å²) in [6.07, 6.45) is 5.75. The molecule has 0 aliphatic rings. The average Bonchev–Trinajstić information content (AvgIpc) is 2.25. The van der Waals surface area contributed by atoms with Crippen LogP contribution in [-0.2, 0) is 18.2 Å². The van der Waals surface area contributed by atoms with Gasteiger partial charge < -0.3 is 10.6 Å². The molecule has 3 atom stereocenters. The van der Waals surface area contributed by atoms with Crippen LogP contribution in [0.15, 0.2) is 0 Å². The first-order chi connectivity index (χ1) is 8.81. The van der Waals surface area contributed by atoms with E-state index in [-0.39, 0.29) is 6.42 Å². The van der Waals surface area contributed by atoms with Crippen molar-refractivity contribution >= 4 is 21.8 Å². The zero-order valence-corrected chi connectivity index (χ0v) is 12.8. The van der Waals surface area contributed by atoms with Gasteiger partial charge in [-0.2, -0.15) is 0 Å². The summed E-state index contributed by atoms with van der Waals surface area (Å²) < 4.78 is 26.1. The quantitative estimate of drug-likeness (QED) is 0.397. The van der Waals surface area contributed by atoms with Gasteiger partial charge in [-0.1, -0.05) is 45.4 Å². The SMILES string of the molecule is CCCCCCCCC(C(N)=O)P(=O)(O)O[P+](=O)O. The van der Waals surface area contributed by atoms with Gasteiger partial charge in [0.05, 0.1) is 0 Å². The lowest BCUT2D eigenvalue weighted by Crippen LogP contribution is -2.28. The molecule has 0 bridgehead atoms. The molecule has 0 heterocycles. The lowest BCUT2D eigenvalue weighted by atomic mass is 10.1. The molecule has 0 saturated carbocycles. The Morgan fingerprint density at radius 1 is 1.32 bits per heavy atom. The topological polar surface area (TPSA) is 127 Å². The molecule has 0 saturated heterocycles. The monoisotopic (exact) mass is 314 g/mol. The van der Waals surface area contributed by atoms with Crippen molar-refractivity contribution in [2.24, 2.45) is 5.73 Å². The van der Waals surface area contributed by atoms with E-state index in [4.69, 9.17) is 10.6 Å². The zero-order chi connectivity index (χ0) is 14.9. The molecule has 1 amide bonds. The fraction of sp³-hybridized carbons (Fsp3) is 0.900. The van der Waals surface area contributed by atoms with Gasteiger partial charge in [-0.05, 0) is 10.7 Å². The Morgan fingerprint density at radius 3 is 2.32 bits per heavy atom. The number of hydrogen-bond donors (Lipinski definition) is 3. The minimum atomic E-state index is -4.48. The molecular weight excluding hydrogens is 292 g/mol. The largest absolute Gasteiger partial charge is 0.703 e. The van der Waals surface area contributed by atoms with E-state index in [1.165, 1.54) is 0 Å². The van der Waals surface area contributed by atoms with Gasteiger partial charge in [0.1, 0.15) is 5.66 Å². The second-order valence-electron chi connectivity index (χ2n) is 4.36. The van der Waals surface area contributed by atoms with Crippen LogP contribution in [0.2, 0.25) is 0 Å². The Bertz CT molecular complexity index is 349. The Hall–Kier alpha value is -0.320. The minimum Gasteiger partial charge on any atom is -0.369 e. The molecule has 112 valence electrons. The Kier molecular flexibility index (Phi) is 9.40. The third-order valence-electron chi connectivity index (χ3n) is 2.74. The molecule has 4 N–H and O–H groups in total. The lowest BCUT2D eigenvalue weighted by Gasteiger charge is -2.14. The highest BCUT2D eigenvalue weighted by Crippen LogP contribution is 2.55. The molecule has 0 fully saturated rings. The maximum Gasteiger partial charge on any atom is 0.703 e. The first kappa shape index (κ1) is 18.7. The van der Waals surface area contributed by atoms with E-state index in [1.807, 2.05) is 0 Å². The molecule has 3 unspecified atom stereocenters. The zero-order valence-electron chi connectivity index (χ0n) is 11.0. The molecule has 0 aliphatic heterocycles. The number of nitrogens with two attached hydrogens (primary N) is 1. The Morgan fingerprint density at radius 2 is 1.84 bits per heavy atom. The summed E-state index contributed by atoms with van der Waals surface area (Å²) in [6, 6.07) is 0. The van der Waals surface area contributed by atoms with E-state index in [2.05, 4.69) is 11.2 Å². The molecule has 0 aliphatic carbocycles. The third-order valence-corrected chi connectivity index (χ3v) is 5.54. The fourth-order valence-electron chi connectivity index (χ4n) is 1.74. The normalized spacial score (nSPS) is 16.7. The molecule has 0 aromatic rings. The van der Waals surface area contributed by atoms with Crippen molar-refractivity contribution in [1.29, 1.82) is 0 Å². The van der Waals surface area contributed by atoms with E-state index in [0.717, 1.165) is 32.1 Å². The summed E-state index contributed by atoms with van der Waals surface area (Å²) in [4.78, 5) is 29.1. The summed E-state index contributed by atoms with van der Waals surface area (Å²) in [7, 11) is -7.73. The van der Waals surface area contributed by atoms with Crippen LogP contribution >= 0.6 is 15.9 Å². The molecule has 7 nitrogen and oxygen atoms in total.